The Bertz CT molecular complexity index is 799. The Kier molecular flexibility index (Phi) is 6.62. The highest BCUT2D eigenvalue weighted by Crippen LogP contribution is 2.25. The molecule has 4 nitrogen and oxygen atoms in total. The average molecular weight is 401 g/mol. The van der Waals surface area contributed by atoms with Crippen LogP contribution in [0.15, 0.2) is 34.0 Å². The number of hydrogen-bond acceptors (Lipinski definition) is 4. The summed E-state index contributed by atoms with van der Waals surface area (Å²) in [5.74, 6) is -0.418. The molecule has 0 spiro atoms. The second-order valence-electron chi connectivity index (χ2n) is 4.74. The second-order valence-corrected chi connectivity index (χ2v) is 6.89. The fourth-order valence-corrected chi connectivity index (χ4v) is 3.16. The van der Waals surface area contributed by atoms with Gasteiger partial charge in [-0.15, -0.1) is 11.3 Å². The molecular formula is C16H14Cl2N2O2S2. The highest BCUT2D eigenvalue weighted by molar-refractivity contribution is 7.80. The Morgan fingerprint density at radius 2 is 2.08 bits per heavy atom. The van der Waals surface area contributed by atoms with Crippen LogP contribution in [0.4, 0.5) is 11.4 Å². The van der Waals surface area contributed by atoms with Crippen molar-refractivity contribution in [3.63, 3.8) is 0 Å². The summed E-state index contributed by atoms with van der Waals surface area (Å²) in [6, 6.07) is 5.38. The van der Waals surface area contributed by atoms with Crippen LogP contribution in [0.3, 0.4) is 0 Å². The van der Waals surface area contributed by atoms with Crippen molar-refractivity contribution in [2.45, 2.75) is 6.92 Å². The number of allylic oxidation sites excluding steroid dienone is 1. The number of carbonyl (C=O) groups is 1. The van der Waals surface area contributed by atoms with E-state index in [4.69, 9.17) is 40.2 Å². The third-order valence-electron chi connectivity index (χ3n) is 2.92. The second kappa shape index (κ2) is 8.48. The molecule has 1 aromatic heterocycles. The Balaban J connectivity index is 2.12. The number of carbonyl (C=O) groups excluding carboxylic acids is 1. The quantitative estimate of drug-likeness (QED) is 0.516. The highest BCUT2D eigenvalue weighted by atomic mass is 35.5. The third-order valence-corrected chi connectivity index (χ3v) is 4.32. The predicted octanol–water partition coefficient (Wildman–Crippen LogP) is 5.60. The number of hydrogen-bond donors (Lipinski definition) is 2. The minimum atomic E-state index is -0.418. The van der Waals surface area contributed by atoms with Gasteiger partial charge in [0, 0.05) is 26.5 Å². The predicted molar refractivity (Wildman–Crippen MR) is 106 cm³/mol. The van der Waals surface area contributed by atoms with E-state index in [0.717, 1.165) is 11.3 Å². The number of thiocarbonyl (C=S) groups is 1. The number of ether oxygens (including phenoxy) is 1. The first-order chi connectivity index (χ1) is 11.4. The Hall–Kier alpha value is -1.60. The summed E-state index contributed by atoms with van der Waals surface area (Å²) < 4.78 is 4.73. The van der Waals surface area contributed by atoms with E-state index in [1.54, 1.807) is 35.9 Å². The zero-order chi connectivity index (χ0) is 17.7. The minimum Gasteiger partial charge on any atom is -0.465 e. The molecule has 24 heavy (non-hydrogen) atoms. The lowest BCUT2D eigenvalue weighted by Gasteiger charge is -2.12. The first kappa shape index (κ1) is 18.7. The van der Waals surface area contributed by atoms with Crippen molar-refractivity contribution in [2.75, 3.05) is 17.7 Å². The summed E-state index contributed by atoms with van der Waals surface area (Å²) in [6.07, 6.45) is 1.76. The molecule has 0 atom stereocenters. The van der Waals surface area contributed by atoms with Gasteiger partial charge in [-0.25, -0.2) is 4.79 Å². The molecule has 0 amide bonds. The summed E-state index contributed by atoms with van der Waals surface area (Å²) in [5, 5.41) is 11.1. The largest absolute Gasteiger partial charge is 0.465 e. The first-order valence-corrected chi connectivity index (χ1v) is 8.87. The number of thiophene rings is 1. The van der Waals surface area contributed by atoms with Gasteiger partial charge >= 0.3 is 5.97 Å². The monoisotopic (exact) mass is 400 g/mol. The van der Waals surface area contributed by atoms with E-state index in [1.165, 1.54) is 18.4 Å². The van der Waals surface area contributed by atoms with Crippen molar-refractivity contribution in [3.8, 4) is 0 Å². The standard InChI is InChI=1S/C16H14Cl2N2O2S2/c1-9(17)5-10-6-11(3-4-13(10)18)19-16(23)20-14-8-24-7-12(14)15(21)22-2/h3-8H,1-2H3,(H2,19,20,23)/b9-5-. The third kappa shape index (κ3) is 4.95. The van der Waals surface area contributed by atoms with E-state index in [9.17, 15) is 4.79 Å². The van der Waals surface area contributed by atoms with Crippen molar-refractivity contribution in [1.29, 1.82) is 0 Å². The van der Waals surface area contributed by atoms with Gasteiger partial charge < -0.3 is 15.4 Å². The molecule has 126 valence electrons. The fourth-order valence-electron chi connectivity index (χ4n) is 1.89. The molecular weight excluding hydrogens is 387 g/mol. The van der Waals surface area contributed by atoms with E-state index in [-0.39, 0.29) is 0 Å². The maximum atomic E-state index is 11.7. The van der Waals surface area contributed by atoms with Crippen LogP contribution in [0.2, 0.25) is 5.02 Å². The summed E-state index contributed by atoms with van der Waals surface area (Å²) >= 11 is 18.7. The van der Waals surface area contributed by atoms with Gasteiger partial charge in [-0.3, -0.25) is 0 Å². The van der Waals surface area contributed by atoms with Gasteiger partial charge in [-0.2, -0.15) is 0 Å². The number of nitrogens with one attached hydrogen (secondary N) is 2. The molecule has 1 aromatic carbocycles. The molecule has 0 saturated heterocycles. The molecule has 0 radical (unpaired) electrons. The molecule has 2 aromatic rings. The number of rotatable bonds is 4. The van der Waals surface area contributed by atoms with Crippen molar-refractivity contribution in [3.05, 3.63) is 50.1 Å². The molecule has 0 aliphatic carbocycles. The van der Waals surface area contributed by atoms with Crippen molar-refractivity contribution < 1.29 is 9.53 Å². The number of halogens is 2. The van der Waals surface area contributed by atoms with Crippen LogP contribution < -0.4 is 10.6 Å². The van der Waals surface area contributed by atoms with Crippen molar-refractivity contribution >= 4 is 75.3 Å². The van der Waals surface area contributed by atoms with Gasteiger partial charge in [-0.05, 0) is 49.0 Å². The summed E-state index contributed by atoms with van der Waals surface area (Å²) in [5.41, 5.74) is 2.55. The van der Waals surface area contributed by atoms with Crippen LogP contribution in [-0.4, -0.2) is 18.2 Å². The van der Waals surface area contributed by atoms with Crippen LogP contribution >= 0.6 is 46.8 Å². The van der Waals surface area contributed by atoms with E-state index in [1.807, 2.05) is 6.07 Å². The smallest absolute Gasteiger partial charge is 0.340 e. The topological polar surface area (TPSA) is 50.4 Å². The lowest BCUT2D eigenvalue weighted by molar-refractivity contribution is 0.0602. The molecule has 0 fully saturated rings. The van der Waals surface area contributed by atoms with Crippen LogP contribution in [-0.2, 0) is 4.74 Å². The molecule has 0 saturated carbocycles. The number of anilines is 2. The summed E-state index contributed by atoms with van der Waals surface area (Å²) in [6.45, 7) is 1.77. The molecule has 8 heteroatoms. The Morgan fingerprint density at radius 1 is 1.33 bits per heavy atom. The van der Waals surface area contributed by atoms with Crippen molar-refractivity contribution in [2.24, 2.45) is 0 Å². The van der Waals surface area contributed by atoms with E-state index < -0.39 is 5.97 Å². The Morgan fingerprint density at radius 3 is 2.75 bits per heavy atom. The fraction of sp³-hybridized carbons (Fsp3) is 0.125. The van der Waals surface area contributed by atoms with Gasteiger partial charge in [-0.1, -0.05) is 23.2 Å². The van der Waals surface area contributed by atoms with E-state index in [0.29, 0.717) is 26.4 Å². The summed E-state index contributed by atoms with van der Waals surface area (Å²) in [4.78, 5) is 11.7. The molecule has 1 heterocycles. The Labute approximate surface area is 159 Å². The highest BCUT2D eigenvalue weighted by Gasteiger charge is 2.14. The van der Waals surface area contributed by atoms with E-state index >= 15 is 0 Å². The number of esters is 1. The molecule has 2 N–H and O–H groups in total. The lowest BCUT2D eigenvalue weighted by Crippen LogP contribution is -2.20. The SMILES string of the molecule is COC(=O)c1cscc1NC(=S)Nc1ccc(Cl)c(/C=C(/C)Cl)c1. The molecule has 0 aliphatic rings. The minimum absolute atomic E-state index is 0.346. The molecule has 0 unspecified atom stereocenters. The zero-order valence-corrected chi connectivity index (χ0v) is 16.0. The number of benzene rings is 1. The first-order valence-electron chi connectivity index (χ1n) is 6.76. The maximum Gasteiger partial charge on any atom is 0.340 e. The van der Waals surface area contributed by atoms with Gasteiger partial charge in [0.1, 0.15) is 0 Å². The molecule has 2 rings (SSSR count). The van der Waals surface area contributed by atoms with Crippen LogP contribution in [0.25, 0.3) is 6.08 Å². The number of methoxy groups -OCH3 is 1. The van der Waals surface area contributed by atoms with E-state index in [2.05, 4.69) is 10.6 Å². The zero-order valence-electron chi connectivity index (χ0n) is 12.9. The van der Waals surface area contributed by atoms with Crippen LogP contribution in [0.5, 0.6) is 0 Å². The van der Waals surface area contributed by atoms with Crippen molar-refractivity contribution in [1.82, 2.24) is 0 Å². The molecule has 0 bridgehead atoms. The lowest BCUT2D eigenvalue weighted by atomic mass is 10.2. The van der Waals surface area contributed by atoms with Gasteiger partial charge in [0.2, 0.25) is 0 Å². The average Bonchev–Trinajstić information content (AvgIpc) is 2.97. The van der Waals surface area contributed by atoms with Gasteiger partial charge in [0.15, 0.2) is 5.11 Å². The van der Waals surface area contributed by atoms with Crippen LogP contribution in [0, 0.1) is 0 Å². The maximum absolute atomic E-state index is 11.7. The molecule has 0 aliphatic heterocycles. The van der Waals surface area contributed by atoms with Gasteiger partial charge in [0.05, 0.1) is 18.4 Å². The van der Waals surface area contributed by atoms with Crippen LogP contribution in [0.1, 0.15) is 22.8 Å². The normalized spacial score (nSPS) is 11.1. The summed E-state index contributed by atoms with van der Waals surface area (Å²) in [7, 11) is 1.34. The van der Waals surface area contributed by atoms with Gasteiger partial charge in [0.25, 0.3) is 0 Å².